The summed E-state index contributed by atoms with van der Waals surface area (Å²) in [6.07, 6.45) is 6.41. The summed E-state index contributed by atoms with van der Waals surface area (Å²) < 4.78 is 13.4. The van der Waals surface area contributed by atoms with Gasteiger partial charge in [0.2, 0.25) is 0 Å². The highest BCUT2D eigenvalue weighted by molar-refractivity contribution is 5.58. The minimum atomic E-state index is -0.124. The molecule has 3 rings (SSSR count). The van der Waals surface area contributed by atoms with Crippen LogP contribution >= 0.6 is 0 Å². The van der Waals surface area contributed by atoms with Crippen LogP contribution in [0.3, 0.4) is 0 Å². The molecule has 1 aromatic rings. The van der Waals surface area contributed by atoms with Gasteiger partial charge in [-0.25, -0.2) is 4.39 Å². The Bertz CT molecular complexity index is 440. The van der Waals surface area contributed by atoms with Crippen LogP contribution in [0.4, 0.5) is 10.1 Å². The lowest BCUT2D eigenvalue weighted by molar-refractivity contribution is 0.484. The average molecular weight is 262 g/mol. The number of hydrogen-bond acceptors (Lipinski definition) is 2. The van der Waals surface area contributed by atoms with Gasteiger partial charge in [-0.2, -0.15) is 0 Å². The fraction of sp³-hybridized carbons (Fsp3) is 0.625. The highest BCUT2D eigenvalue weighted by Crippen LogP contribution is 2.30. The highest BCUT2D eigenvalue weighted by atomic mass is 19.1. The first-order valence-electron chi connectivity index (χ1n) is 7.52. The minimum absolute atomic E-state index is 0.124. The molecule has 1 fully saturated rings. The van der Waals surface area contributed by atoms with Crippen LogP contribution in [0.2, 0.25) is 0 Å². The molecule has 19 heavy (non-hydrogen) atoms. The van der Waals surface area contributed by atoms with Crippen LogP contribution in [0.1, 0.15) is 38.2 Å². The Labute approximate surface area is 115 Å². The van der Waals surface area contributed by atoms with Crippen LogP contribution in [-0.4, -0.2) is 25.2 Å². The van der Waals surface area contributed by atoms with Gasteiger partial charge in [-0.3, -0.25) is 0 Å². The van der Waals surface area contributed by atoms with E-state index in [-0.39, 0.29) is 5.82 Å². The predicted molar refractivity (Wildman–Crippen MR) is 77.2 cm³/mol. The van der Waals surface area contributed by atoms with Gasteiger partial charge in [-0.05, 0) is 43.9 Å². The molecule has 0 amide bonds. The van der Waals surface area contributed by atoms with Crippen LogP contribution in [-0.2, 0) is 6.42 Å². The van der Waals surface area contributed by atoms with E-state index >= 15 is 0 Å². The number of rotatable bonds is 4. The second kappa shape index (κ2) is 5.49. The fourth-order valence-electron chi connectivity index (χ4n) is 3.41. The van der Waals surface area contributed by atoms with Crippen molar-refractivity contribution >= 4 is 5.69 Å². The van der Waals surface area contributed by atoms with Crippen molar-refractivity contribution in [3.8, 4) is 0 Å². The molecule has 0 saturated heterocycles. The van der Waals surface area contributed by atoms with E-state index in [1.807, 2.05) is 6.07 Å². The summed E-state index contributed by atoms with van der Waals surface area (Å²) in [5, 5.41) is 3.67. The van der Waals surface area contributed by atoms with Gasteiger partial charge < -0.3 is 10.2 Å². The maximum atomic E-state index is 13.4. The van der Waals surface area contributed by atoms with Crippen molar-refractivity contribution in [2.75, 3.05) is 18.0 Å². The lowest BCUT2D eigenvalue weighted by Crippen LogP contribution is -2.42. The van der Waals surface area contributed by atoms with Crippen molar-refractivity contribution in [1.29, 1.82) is 0 Å². The van der Waals surface area contributed by atoms with Crippen LogP contribution in [0.15, 0.2) is 18.2 Å². The molecule has 1 aliphatic heterocycles. The first-order valence-corrected chi connectivity index (χ1v) is 7.52. The summed E-state index contributed by atoms with van der Waals surface area (Å²) in [4.78, 5) is 2.35. The molecule has 0 spiro atoms. The van der Waals surface area contributed by atoms with E-state index in [1.54, 1.807) is 12.1 Å². The molecule has 1 aromatic carbocycles. The summed E-state index contributed by atoms with van der Waals surface area (Å²) >= 11 is 0. The summed E-state index contributed by atoms with van der Waals surface area (Å²) in [7, 11) is 0. The molecule has 0 radical (unpaired) electrons. The Morgan fingerprint density at radius 3 is 2.95 bits per heavy atom. The van der Waals surface area contributed by atoms with Crippen molar-refractivity contribution in [2.24, 2.45) is 0 Å². The van der Waals surface area contributed by atoms with E-state index in [9.17, 15) is 4.39 Å². The van der Waals surface area contributed by atoms with E-state index in [0.717, 1.165) is 25.2 Å². The van der Waals surface area contributed by atoms with E-state index in [0.29, 0.717) is 12.1 Å². The Kier molecular flexibility index (Phi) is 3.74. The summed E-state index contributed by atoms with van der Waals surface area (Å²) in [6.45, 7) is 4.26. The molecule has 1 saturated carbocycles. The molecule has 0 aromatic heterocycles. The van der Waals surface area contributed by atoms with Crippen molar-refractivity contribution < 1.29 is 4.39 Å². The number of nitrogens with zero attached hydrogens (tertiary/aromatic N) is 1. The normalized spacial score (nSPS) is 20.8. The zero-order valence-corrected chi connectivity index (χ0v) is 11.7. The zero-order valence-electron chi connectivity index (χ0n) is 11.7. The Balaban J connectivity index is 1.62. The molecule has 1 unspecified atom stereocenters. The number of halogens is 1. The molecular formula is C16H23FN2. The lowest BCUT2D eigenvalue weighted by atomic mass is 10.1. The summed E-state index contributed by atoms with van der Waals surface area (Å²) in [5.41, 5.74) is 2.38. The zero-order chi connectivity index (χ0) is 13.2. The van der Waals surface area contributed by atoms with Gasteiger partial charge in [0.15, 0.2) is 0 Å². The van der Waals surface area contributed by atoms with Gasteiger partial charge in [0.05, 0.1) is 0 Å². The van der Waals surface area contributed by atoms with Crippen molar-refractivity contribution in [3.05, 3.63) is 29.6 Å². The third-order valence-corrected chi connectivity index (χ3v) is 4.57. The molecule has 1 atom stereocenters. The lowest BCUT2D eigenvalue weighted by Gasteiger charge is -2.28. The molecule has 3 heteroatoms. The minimum Gasteiger partial charge on any atom is -0.367 e. The van der Waals surface area contributed by atoms with E-state index < -0.39 is 0 Å². The third kappa shape index (κ3) is 2.76. The van der Waals surface area contributed by atoms with Crippen LogP contribution in [0.25, 0.3) is 0 Å². The first-order chi connectivity index (χ1) is 9.24. The van der Waals surface area contributed by atoms with Crippen LogP contribution in [0, 0.1) is 5.82 Å². The second-order valence-corrected chi connectivity index (χ2v) is 5.96. The number of benzene rings is 1. The van der Waals surface area contributed by atoms with Gasteiger partial charge in [0.25, 0.3) is 0 Å². The smallest absolute Gasteiger partial charge is 0.125 e. The van der Waals surface area contributed by atoms with Gasteiger partial charge in [0, 0.05) is 30.9 Å². The standard InChI is InChI=1S/C16H23FN2/c1-12(11-18-15-4-2-3-5-15)19-9-8-13-6-7-14(17)10-16(13)19/h6-7,10,12,15,18H,2-5,8-9,11H2,1H3. The highest BCUT2D eigenvalue weighted by Gasteiger charge is 2.24. The quantitative estimate of drug-likeness (QED) is 0.897. The Hall–Kier alpha value is -1.09. The van der Waals surface area contributed by atoms with Gasteiger partial charge in [-0.15, -0.1) is 0 Å². The Morgan fingerprint density at radius 2 is 2.16 bits per heavy atom. The molecule has 104 valence electrons. The molecule has 1 heterocycles. The SMILES string of the molecule is CC(CNC1CCCC1)N1CCc2ccc(F)cc21. The fourth-order valence-corrected chi connectivity index (χ4v) is 3.41. The van der Waals surface area contributed by atoms with Crippen LogP contribution < -0.4 is 10.2 Å². The number of hydrogen-bond donors (Lipinski definition) is 1. The predicted octanol–water partition coefficient (Wildman–Crippen LogP) is 3.11. The molecule has 2 nitrogen and oxygen atoms in total. The van der Waals surface area contributed by atoms with E-state index in [1.165, 1.54) is 31.2 Å². The number of anilines is 1. The van der Waals surface area contributed by atoms with Gasteiger partial charge >= 0.3 is 0 Å². The van der Waals surface area contributed by atoms with Crippen LogP contribution in [0.5, 0.6) is 0 Å². The maximum Gasteiger partial charge on any atom is 0.125 e. The van der Waals surface area contributed by atoms with Crippen molar-refractivity contribution in [2.45, 2.75) is 51.1 Å². The summed E-state index contributed by atoms with van der Waals surface area (Å²) in [5.74, 6) is -0.124. The largest absolute Gasteiger partial charge is 0.367 e. The molecule has 1 aliphatic carbocycles. The maximum absolute atomic E-state index is 13.4. The average Bonchev–Trinajstić information content (AvgIpc) is 3.04. The number of fused-ring (bicyclic) bond motifs is 1. The molecule has 0 bridgehead atoms. The Morgan fingerprint density at radius 1 is 1.37 bits per heavy atom. The number of nitrogens with one attached hydrogen (secondary N) is 1. The van der Waals surface area contributed by atoms with E-state index in [2.05, 4.69) is 17.1 Å². The van der Waals surface area contributed by atoms with Crippen molar-refractivity contribution in [1.82, 2.24) is 5.32 Å². The van der Waals surface area contributed by atoms with Crippen molar-refractivity contribution in [3.63, 3.8) is 0 Å². The van der Waals surface area contributed by atoms with Gasteiger partial charge in [-0.1, -0.05) is 18.9 Å². The molecule has 2 aliphatic rings. The summed E-state index contributed by atoms with van der Waals surface area (Å²) in [6, 6.07) is 6.33. The second-order valence-electron chi connectivity index (χ2n) is 5.96. The first kappa shape index (κ1) is 12.9. The van der Waals surface area contributed by atoms with E-state index in [4.69, 9.17) is 0 Å². The third-order valence-electron chi connectivity index (χ3n) is 4.57. The van der Waals surface area contributed by atoms with Gasteiger partial charge in [0.1, 0.15) is 5.82 Å². The molecular weight excluding hydrogens is 239 g/mol. The monoisotopic (exact) mass is 262 g/mol. The molecule has 1 N–H and O–H groups in total. The topological polar surface area (TPSA) is 15.3 Å².